The van der Waals surface area contributed by atoms with Gasteiger partial charge in [-0.05, 0) is 24.3 Å². The number of hydrogen-bond donors (Lipinski definition) is 0. The van der Waals surface area contributed by atoms with E-state index in [0.717, 1.165) is 11.3 Å². The van der Waals surface area contributed by atoms with Crippen molar-refractivity contribution in [2.45, 2.75) is 6.42 Å². The van der Waals surface area contributed by atoms with Gasteiger partial charge in [0.15, 0.2) is 0 Å². The molecule has 2 aromatic rings. The van der Waals surface area contributed by atoms with Gasteiger partial charge in [-0.3, -0.25) is 9.69 Å². The summed E-state index contributed by atoms with van der Waals surface area (Å²) in [6.07, 6.45) is 2.52. The van der Waals surface area contributed by atoms with Gasteiger partial charge in [0.05, 0.1) is 23.1 Å². The molecular weight excluding hydrogens is 402 g/mol. The summed E-state index contributed by atoms with van der Waals surface area (Å²) in [6.45, 7) is 0.991. The number of carbonyl (C=O) groups excluding carboxylic acids is 1. The second kappa shape index (κ2) is 9.26. The summed E-state index contributed by atoms with van der Waals surface area (Å²) in [6, 6.07) is 15.0. The lowest BCUT2D eigenvalue weighted by Crippen LogP contribution is -2.22. The fourth-order valence-corrected chi connectivity index (χ4v) is 3.76. The van der Waals surface area contributed by atoms with Crippen LogP contribution in [0.3, 0.4) is 0 Å². The van der Waals surface area contributed by atoms with Gasteiger partial charge in [0.1, 0.15) is 15.8 Å². The predicted molar refractivity (Wildman–Crippen MR) is 114 cm³/mol. The first-order chi connectivity index (χ1) is 13.1. The van der Waals surface area contributed by atoms with Crippen LogP contribution in [0.2, 0.25) is 5.02 Å². The molecule has 4 nitrogen and oxygen atoms in total. The minimum Gasteiger partial charge on any atom is -0.493 e. The molecular formula is C20H18ClNO3S2. The highest BCUT2D eigenvalue weighted by Gasteiger charge is 2.28. The molecule has 1 fully saturated rings. The minimum absolute atomic E-state index is 0.0899. The largest absolute Gasteiger partial charge is 0.493 e. The van der Waals surface area contributed by atoms with Crippen molar-refractivity contribution in [3.05, 3.63) is 64.0 Å². The Bertz CT molecular complexity index is 885. The molecule has 1 amide bonds. The van der Waals surface area contributed by atoms with Crippen molar-refractivity contribution in [1.29, 1.82) is 0 Å². The summed E-state index contributed by atoms with van der Waals surface area (Å²) >= 11 is 12.5. The number of thioether (sulfide) groups is 1. The Kier molecular flexibility index (Phi) is 6.77. The van der Waals surface area contributed by atoms with Crippen molar-refractivity contribution >= 4 is 51.9 Å². The molecule has 0 aromatic heterocycles. The smallest absolute Gasteiger partial charge is 0.265 e. The third-order valence-corrected chi connectivity index (χ3v) is 5.63. The Morgan fingerprint density at radius 2 is 1.70 bits per heavy atom. The van der Waals surface area contributed by atoms with Gasteiger partial charge in [-0.1, -0.05) is 65.9 Å². The monoisotopic (exact) mass is 419 g/mol. The van der Waals surface area contributed by atoms with E-state index in [4.69, 9.17) is 33.3 Å². The lowest BCUT2D eigenvalue weighted by Gasteiger charge is -2.11. The Morgan fingerprint density at radius 3 is 2.37 bits per heavy atom. The van der Waals surface area contributed by atoms with Crippen molar-refractivity contribution in [3.63, 3.8) is 0 Å². The minimum atomic E-state index is -0.0899. The Morgan fingerprint density at radius 1 is 1.07 bits per heavy atom. The van der Waals surface area contributed by atoms with Gasteiger partial charge in [-0.25, -0.2) is 0 Å². The molecule has 2 aromatic carbocycles. The standard InChI is InChI=1S/C20H18ClNO3S2/c1-22-19(23)18(27-20(22)26)13-14-7-2-4-9-16(14)24-11-6-12-25-17-10-5-3-8-15(17)21/h2-5,7-10,13H,6,11-12H2,1H3/b18-13+. The summed E-state index contributed by atoms with van der Waals surface area (Å²) < 4.78 is 12.1. The Hall–Kier alpha value is -2.02. The number of para-hydroxylation sites is 2. The normalized spacial score (nSPS) is 15.5. The molecule has 0 spiro atoms. The number of halogens is 1. The molecule has 1 aliphatic heterocycles. The van der Waals surface area contributed by atoms with Crippen LogP contribution in [0, 0.1) is 0 Å². The van der Waals surface area contributed by atoms with Gasteiger partial charge in [0, 0.05) is 19.0 Å². The van der Waals surface area contributed by atoms with E-state index in [9.17, 15) is 4.79 Å². The fourth-order valence-electron chi connectivity index (χ4n) is 2.40. The van der Waals surface area contributed by atoms with Crippen LogP contribution in [0.5, 0.6) is 11.5 Å². The first kappa shape index (κ1) is 19.7. The number of thiocarbonyl (C=S) groups is 1. The number of rotatable bonds is 7. The van der Waals surface area contributed by atoms with Gasteiger partial charge in [0.25, 0.3) is 5.91 Å². The summed E-state index contributed by atoms with van der Waals surface area (Å²) in [5, 5.41) is 0.594. The Labute approximate surface area is 173 Å². The number of hydrogen-bond acceptors (Lipinski definition) is 5. The molecule has 0 saturated carbocycles. The van der Waals surface area contributed by atoms with E-state index >= 15 is 0 Å². The van der Waals surface area contributed by atoms with E-state index in [2.05, 4.69) is 0 Å². The maximum atomic E-state index is 12.2. The first-order valence-electron chi connectivity index (χ1n) is 8.37. The topological polar surface area (TPSA) is 38.8 Å². The van der Waals surface area contributed by atoms with Crippen LogP contribution in [-0.4, -0.2) is 35.4 Å². The summed E-state index contributed by atoms with van der Waals surface area (Å²) in [5.74, 6) is 1.30. The third kappa shape index (κ3) is 5.03. The van der Waals surface area contributed by atoms with E-state index in [1.54, 1.807) is 13.1 Å². The molecule has 7 heteroatoms. The van der Waals surface area contributed by atoms with Crippen molar-refractivity contribution < 1.29 is 14.3 Å². The highest BCUT2D eigenvalue weighted by atomic mass is 35.5. The second-order valence-electron chi connectivity index (χ2n) is 5.76. The summed E-state index contributed by atoms with van der Waals surface area (Å²) in [4.78, 5) is 14.2. The van der Waals surface area contributed by atoms with Crippen LogP contribution in [0.1, 0.15) is 12.0 Å². The first-order valence-corrected chi connectivity index (χ1v) is 9.97. The molecule has 27 heavy (non-hydrogen) atoms. The third-order valence-electron chi connectivity index (χ3n) is 3.83. The van der Waals surface area contributed by atoms with Gasteiger partial charge in [-0.2, -0.15) is 0 Å². The lowest BCUT2D eigenvalue weighted by atomic mass is 10.2. The average molecular weight is 420 g/mol. The maximum absolute atomic E-state index is 12.2. The van der Waals surface area contributed by atoms with E-state index in [-0.39, 0.29) is 5.91 Å². The summed E-state index contributed by atoms with van der Waals surface area (Å²) in [5.41, 5.74) is 0.846. The number of nitrogens with zero attached hydrogens (tertiary/aromatic N) is 1. The molecule has 1 saturated heterocycles. The van der Waals surface area contributed by atoms with Crippen molar-refractivity contribution in [3.8, 4) is 11.5 Å². The number of carbonyl (C=O) groups is 1. The molecule has 0 bridgehead atoms. The van der Waals surface area contributed by atoms with Gasteiger partial charge < -0.3 is 9.47 Å². The van der Waals surface area contributed by atoms with E-state index in [1.807, 2.05) is 48.5 Å². The van der Waals surface area contributed by atoms with Crippen molar-refractivity contribution in [1.82, 2.24) is 4.90 Å². The van der Waals surface area contributed by atoms with Crippen LogP contribution >= 0.6 is 35.6 Å². The van der Waals surface area contributed by atoms with E-state index < -0.39 is 0 Å². The maximum Gasteiger partial charge on any atom is 0.265 e. The zero-order chi connectivity index (χ0) is 19.2. The molecule has 0 radical (unpaired) electrons. The highest BCUT2D eigenvalue weighted by Crippen LogP contribution is 2.33. The predicted octanol–water partition coefficient (Wildman–Crippen LogP) is 5.02. The van der Waals surface area contributed by atoms with Gasteiger partial charge in [0.2, 0.25) is 0 Å². The van der Waals surface area contributed by atoms with Crippen LogP contribution in [0.4, 0.5) is 0 Å². The molecule has 3 rings (SSSR count). The molecule has 0 atom stereocenters. The fraction of sp³-hybridized carbons (Fsp3) is 0.200. The molecule has 1 aliphatic rings. The molecule has 0 N–H and O–H groups in total. The lowest BCUT2D eigenvalue weighted by molar-refractivity contribution is -0.121. The Balaban J connectivity index is 1.56. The van der Waals surface area contributed by atoms with Crippen molar-refractivity contribution in [2.24, 2.45) is 0 Å². The average Bonchev–Trinajstić information content (AvgIpc) is 2.91. The molecule has 0 aliphatic carbocycles. The van der Waals surface area contributed by atoms with Crippen LogP contribution in [0.15, 0.2) is 53.4 Å². The SMILES string of the molecule is CN1C(=O)/C(=C\c2ccccc2OCCCOc2ccccc2Cl)SC1=S. The number of ether oxygens (including phenoxy) is 2. The number of amides is 1. The molecule has 0 unspecified atom stereocenters. The molecule has 1 heterocycles. The zero-order valence-electron chi connectivity index (χ0n) is 14.7. The highest BCUT2D eigenvalue weighted by molar-refractivity contribution is 8.26. The quantitative estimate of drug-likeness (QED) is 0.358. The van der Waals surface area contributed by atoms with Gasteiger partial charge in [-0.15, -0.1) is 0 Å². The summed E-state index contributed by atoms with van der Waals surface area (Å²) in [7, 11) is 1.68. The number of benzene rings is 2. The van der Waals surface area contributed by atoms with Gasteiger partial charge >= 0.3 is 0 Å². The van der Waals surface area contributed by atoms with Crippen molar-refractivity contribution in [2.75, 3.05) is 20.3 Å². The molecule has 140 valence electrons. The second-order valence-corrected chi connectivity index (χ2v) is 7.84. The number of likely N-dealkylation sites (N-methyl/N-ethyl adjacent to an activating group) is 1. The van der Waals surface area contributed by atoms with Crippen LogP contribution in [0.25, 0.3) is 6.08 Å². The van der Waals surface area contributed by atoms with Crippen LogP contribution in [-0.2, 0) is 4.79 Å². The zero-order valence-corrected chi connectivity index (χ0v) is 17.1. The van der Waals surface area contributed by atoms with Crippen LogP contribution < -0.4 is 9.47 Å². The van der Waals surface area contributed by atoms with E-state index in [1.165, 1.54) is 16.7 Å². The van der Waals surface area contributed by atoms with E-state index in [0.29, 0.717) is 39.6 Å².